The number of rotatable bonds is 12. The Morgan fingerprint density at radius 1 is 1.08 bits per heavy atom. The fraction of sp³-hybridized carbons (Fsp3) is 0.154. The minimum atomic E-state index is -0.204. The van der Waals surface area contributed by atoms with Gasteiger partial charge in [0.15, 0.2) is 0 Å². The minimum Gasteiger partial charge on any atom is -0.494 e. The number of para-hydroxylation sites is 1. The number of carbonyl (C=O) groups is 1. The molecule has 1 amide bonds. The third-order valence-corrected chi connectivity index (χ3v) is 6.24. The van der Waals surface area contributed by atoms with Crippen molar-refractivity contribution in [2.24, 2.45) is 5.10 Å². The summed E-state index contributed by atoms with van der Waals surface area (Å²) in [5.41, 5.74) is 5.19. The summed E-state index contributed by atoms with van der Waals surface area (Å²) in [4.78, 5) is 12.3. The fourth-order valence-corrected chi connectivity index (χ4v) is 3.98. The van der Waals surface area contributed by atoms with Gasteiger partial charge in [-0.2, -0.15) is 5.10 Å². The molecule has 3 aromatic carbocycles. The van der Waals surface area contributed by atoms with Crippen molar-refractivity contribution >= 4 is 47.1 Å². The van der Waals surface area contributed by atoms with Gasteiger partial charge in [0.25, 0.3) is 5.95 Å². The third-order valence-electron chi connectivity index (χ3n) is 5.04. The summed E-state index contributed by atoms with van der Waals surface area (Å²) in [6, 6.07) is 22.1. The van der Waals surface area contributed by atoms with Crippen LogP contribution in [0.2, 0.25) is 5.02 Å². The van der Waals surface area contributed by atoms with Crippen molar-refractivity contribution < 1.29 is 14.3 Å². The number of nitrogens with zero attached hydrogens (tertiary/aromatic N) is 4. The lowest BCUT2D eigenvalue weighted by Crippen LogP contribution is -2.16. The van der Waals surface area contributed by atoms with Gasteiger partial charge < -0.3 is 20.6 Å². The highest BCUT2D eigenvalue weighted by Crippen LogP contribution is 2.20. The summed E-state index contributed by atoms with van der Waals surface area (Å²) < 4.78 is 12.6. The molecule has 0 saturated carbocycles. The van der Waals surface area contributed by atoms with Gasteiger partial charge in [0.05, 0.1) is 18.6 Å². The SMILES string of the molecule is CCOc1ccc(NC(=O)CSc2nnc(N/N=C/c3ccccc3OCc3ccc(Cl)cc3)n2N)cc1. The molecular formula is C26H26ClN7O3S. The van der Waals surface area contributed by atoms with Gasteiger partial charge in [0, 0.05) is 16.3 Å². The van der Waals surface area contributed by atoms with Crippen LogP contribution in [0, 0.1) is 0 Å². The van der Waals surface area contributed by atoms with E-state index in [-0.39, 0.29) is 17.6 Å². The Balaban J connectivity index is 1.28. The summed E-state index contributed by atoms with van der Waals surface area (Å²) in [5, 5.41) is 16.1. The maximum atomic E-state index is 12.3. The van der Waals surface area contributed by atoms with Crippen LogP contribution in [-0.4, -0.2) is 39.4 Å². The zero-order valence-electron chi connectivity index (χ0n) is 20.5. The molecule has 4 aromatic rings. The molecule has 1 aromatic heterocycles. The number of nitrogens with two attached hydrogens (primary N) is 1. The highest BCUT2D eigenvalue weighted by molar-refractivity contribution is 7.99. The number of hydrogen-bond acceptors (Lipinski definition) is 9. The van der Waals surface area contributed by atoms with E-state index in [2.05, 4.69) is 26.0 Å². The van der Waals surface area contributed by atoms with Crippen LogP contribution in [0.1, 0.15) is 18.1 Å². The Hall–Kier alpha value is -4.22. The van der Waals surface area contributed by atoms with Gasteiger partial charge in [0.1, 0.15) is 18.1 Å². The van der Waals surface area contributed by atoms with E-state index in [1.54, 1.807) is 30.5 Å². The summed E-state index contributed by atoms with van der Waals surface area (Å²) in [7, 11) is 0. The summed E-state index contributed by atoms with van der Waals surface area (Å²) in [5.74, 6) is 7.60. The van der Waals surface area contributed by atoms with Gasteiger partial charge in [-0.3, -0.25) is 4.79 Å². The van der Waals surface area contributed by atoms with Crippen molar-refractivity contribution in [3.63, 3.8) is 0 Å². The van der Waals surface area contributed by atoms with E-state index in [4.69, 9.17) is 26.9 Å². The Morgan fingerprint density at radius 2 is 1.84 bits per heavy atom. The number of aromatic nitrogens is 3. The molecule has 196 valence electrons. The highest BCUT2D eigenvalue weighted by atomic mass is 35.5. The Morgan fingerprint density at radius 3 is 2.61 bits per heavy atom. The van der Waals surface area contributed by atoms with E-state index in [1.807, 2.05) is 55.5 Å². The van der Waals surface area contributed by atoms with E-state index in [0.717, 1.165) is 28.6 Å². The van der Waals surface area contributed by atoms with Crippen LogP contribution in [-0.2, 0) is 11.4 Å². The summed E-state index contributed by atoms with van der Waals surface area (Å²) in [6.07, 6.45) is 1.60. The maximum absolute atomic E-state index is 12.3. The molecule has 4 rings (SSSR count). The molecule has 0 fully saturated rings. The van der Waals surface area contributed by atoms with Crippen molar-refractivity contribution in [3.8, 4) is 11.5 Å². The fourth-order valence-electron chi connectivity index (χ4n) is 3.20. The lowest BCUT2D eigenvalue weighted by Gasteiger charge is -2.09. The molecule has 0 radical (unpaired) electrons. The average molecular weight is 552 g/mol. The molecule has 4 N–H and O–H groups in total. The standard InChI is InChI=1S/C26H26ClN7O3S/c1-2-36-22-13-11-21(12-14-22)30-24(35)17-38-26-33-32-25(34(26)28)31-29-15-19-5-3-4-6-23(19)37-16-18-7-9-20(27)10-8-18/h3-15H,2,16-17,28H2,1H3,(H,30,35)(H,31,32)/b29-15+. The molecule has 1 heterocycles. The molecule has 10 nitrogen and oxygen atoms in total. The Bertz CT molecular complexity index is 1380. The van der Waals surface area contributed by atoms with Crippen LogP contribution in [0.3, 0.4) is 0 Å². The van der Waals surface area contributed by atoms with Crippen LogP contribution < -0.4 is 26.1 Å². The number of amides is 1. The lowest BCUT2D eigenvalue weighted by atomic mass is 10.2. The number of nitrogens with one attached hydrogen (secondary N) is 2. The average Bonchev–Trinajstić information content (AvgIpc) is 3.28. The Labute approximate surface area is 229 Å². The molecule has 0 unspecified atom stereocenters. The second-order valence-electron chi connectivity index (χ2n) is 7.79. The molecule has 12 heteroatoms. The van der Waals surface area contributed by atoms with Crippen LogP contribution in [0.4, 0.5) is 11.6 Å². The first-order chi connectivity index (χ1) is 18.5. The predicted molar refractivity (Wildman–Crippen MR) is 151 cm³/mol. The highest BCUT2D eigenvalue weighted by Gasteiger charge is 2.12. The molecular weight excluding hydrogens is 526 g/mol. The van der Waals surface area contributed by atoms with Crippen LogP contribution >= 0.6 is 23.4 Å². The number of thioether (sulfide) groups is 1. The quantitative estimate of drug-likeness (QED) is 0.0991. The van der Waals surface area contributed by atoms with E-state index in [1.165, 1.54) is 4.68 Å². The van der Waals surface area contributed by atoms with Gasteiger partial charge in [0.2, 0.25) is 11.1 Å². The van der Waals surface area contributed by atoms with Crippen molar-refractivity contribution in [2.75, 3.05) is 28.9 Å². The number of hydrogen-bond donors (Lipinski definition) is 3. The molecule has 0 aliphatic heterocycles. The first-order valence-electron chi connectivity index (χ1n) is 11.6. The van der Waals surface area contributed by atoms with E-state index in [9.17, 15) is 4.79 Å². The monoisotopic (exact) mass is 551 g/mol. The number of benzene rings is 3. The predicted octanol–water partition coefficient (Wildman–Crippen LogP) is 4.80. The van der Waals surface area contributed by atoms with Crippen molar-refractivity contribution in [1.82, 2.24) is 14.9 Å². The Kier molecular flexibility index (Phi) is 9.43. The second-order valence-corrected chi connectivity index (χ2v) is 9.17. The van der Waals surface area contributed by atoms with Crippen molar-refractivity contribution in [2.45, 2.75) is 18.7 Å². The number of ether oxygens (including phenoxy) is 2. The second kappa shape index (κ2) is 13.4. The number of carbonyl (C=O) groups excluding carboxylic acids is 1. The van der Waals surface area contributed by atoms with E-state index in [0.29, 0.717) is 34.8 Å². The number of hydrazone groups is 1. The van der Waals surface area contributed by atoms with Crippen LogP contribution in [0.15, 0.2) is 83.1 Å². The number of anilines is 2. The van der Waals surface area contributed by atoms with Gasteiger partial charge in [-0.15, -0.1) is 10.2 Å². The molecule has 0 aliphatic carbocycles. The zero-order chi connectivity index (χ0) is 26.7. The van der Waals surface area contributed by atoms with Crippen LogP contribution in [0.25, 0.3) is 0 Å². The smallest absolute Gasteiger partial charge is 0.264 e. The maximum Gasteiger partial charge on any atom is 0.264 e. The van der Waals surface area contributed by atoms with E-state index < -0.39 is 0 Å². The first-order valence-corrected chi connectivity index (χ1v) is 13.0. The summed E-state index contributed by atoms with van der Waals surface area (Å²) >= 11 is 7.09. The largest absolute Gasteiger partial charge is 0.494 e. The van der Waals surface area contributed by atoms with Gasteiger partial charge in [-0.1, -0.05) is 47.6 Å². The topological polar surface area (TPSA) is 129 Å². The number of halogens is 1. The normalized spacial score (nSPS) is 10.9. The molecule has 0 aliphatic rings. The minimum absolute atomic E-state index is 0.101. The van der Waals surface area contributed by atoms with Gasteiger partial charge in [-0.25, -0.2) is 10.1 Å². The molecule has 0 bridgehead atoms. The molecule has 0 saturated heterocycles. The van der Waals surface area contributed by atoms with Crippen molar-refractivity contribution in [3.05, 3.63) is 88.9 Å². The van der Waals surface area contributed by atoms with Gasteiger partial charge >= 0.3 is 0 Å². The zero-order valence-corrected chi connectivity index (χ0v) is 22.1. The van der Waals surface area contributed by atoms with Crippen molar-refractivity contribution in [1.29, 1.82) is 0 Å². The third kappa shape index (κ3) is 7.64. The molecule has 0 atom stereocenters. The molecule has 0 spiro atoms. The lowest BCUT2D eigenvalue weighted by molar-refractivity contribution is -0.113. The van der Waals surface area contributed by atoms with E-state index >= 15 is 0 Å². The van der Waals surface area contributed by atoms with Crippen LogP contribution in [0.5, 0.6) is 11.5 Å². The molecule has 38 heavy (non-hydrogen) atoms. The first kappa shape index (κ1) is 26.8. The number of nitrogen functional groups attached to an aromatic ring is 1. The van der Waals surface area contributed by atoms with Gasteiger partial charge in [-0.05, 0) is 61.0 Å². The summed E-state index contributed by atoms with van der Waals surface area (Å²) in [6.45, 7) is 2.88.